The molecule has 1 aliphatic heterocycles. The minimum Gasteiger partial charge on any atom is -0.398 e. The van der Waals surface area contributed by atoms with Gasteiger partial charge in [0, 0.05) is 47.4 Å². The Morgan fingerprint density at radius 2 is 1.80 bits per heavy atom. The largest absolute Gasteiger partial charge is 0.398 e. The van der Waals surface area contributed by atoms with Crippen LogP contribution < -0.4 is 16.0 Å². The van der Waals surface area contributed by atoms with Gasteiger partial charge in [-0.05, 0) is 75.1 Å². The lowest BCUT2D eigenvalue weighted by molar-refractivity contribution is 0.00651. The van der Waals surface area contributed by atoms with Gasteiger partial charge in [-0.25, -0.2) is 0 Å². The van der Waals surface area contributed by atoms with Gasteiger partial charge in [0.1, 0.15) is 0 Å². The number of anilines is 2. The molecule has 1 aliphatic rings. The van der Waals surface area contributed by atoms with Gasteiger partial charge in [-0.2, -0.15) is 0 Å². The summed E-state index contributed by atoms with van der Waals surface area (Å²) in [6.07, 6.45) is 3.59. The monoisotopic (exact) mass is 471 g/mol. The Balaban J connectivity index is 1.43. The molecule has 35 heavy (non-hydrogen) atoms. The number of nitrogen functional groups attached to an aromatic ring is 1. The van der Waals surface area contributed by atoms with Gasteiger partial charge in [0.15, 0.2) is 0 Å². The Bertz CT molecular complexity index is 1180. The van der Waals surface area contributed by atoms with Crippen LogP contribution >= 0.6 is 0 Å². The van der Waals surface area contributed by atoms with Crippen molar-refractivity contribution < 1.29 is 9.90 Å². The number of hydrogen-bond acceptors (Lipinski definition) is 6. The third kappa shape index (κ3) is 5.87. The summed E-state index contributed by atoms with van der Waals surface area (Å²) in [4.78, 5) is 19.2. The molecular weight excluding hydrogens is 438 g/mol. The fourth-order valence-corrected chi connectivity index (χ4v) is 4.53. The number of aromatic nitrogens is 1. The molecule has 7 nitrogen and oxygen atoms in total. The molecule has 2 aromatic carbocycles. The molecule has 0 bridgehead atoms. The highest BCUT2D eigenvalue weighted by molar-refractivity contribution is 6.15. The Morgan fingerprint density at radius 1 is 1.11 bits per heavy atom. The maximum absolute atomic E-state index is 12.7. The van der Waals surface area contributed by atoms with Crippen LogP contribution in [-0.4, -0.2) is 40.4 Å². The van der Waals surface area contributed by atoms with E-state index in [4.69, 9.17) is 11.1 Å². The molecule has 0 unspecified atom stereocenters. The quantitative estimate of drug-likeness (QED) is 0.307. The topological polar surface area (TPSA) is 115 Å². The van der Waals surface area contributed by atoms with Crippen LogP contribution in [0.4, 0.5) is 11.4 Å². The van der Waals surface area contributed by atoms with Crippen LogP contribution in [0.1, 0.15) is 53.9 Å². The van der Waals surface area contributed by atoms with Crippen molar-refractivity contribution in [2.75, 3.05) is 23.7 Å². The maximum atomic E-state index is 12.7. The first-order valence-electron chi connectivity index (χ1n) is 12.0. The summed E-state index contributed by atoms with van der Waals surface area (Å²) in [5.74, 6) is 0.0668. The summed E-state index contributed by atoms with van der Waals surface area (Å²) in [5.41, 5.74) is 9.83. The number of piperidine rings is 1. The van der Waals surface area contributed by atoms with Crippen LogP contribution in [0.25, 0.3) is 0 Å². The number of amides is 1. The number of rotatable bonds is 7. The van der Waals surface area contributed by atoms with Crippen molar-refractivity contribution in [1.82, 2.24) is 10.3 Å². The third-order valence-corrected chi connectivity index (χ3v) is 6.76. The predicted molar refractivity (Wildman–Crippen MR) is 140 cm³/mol. The van der Waals surface area contributed by atoms with Gasteiger partial charge in [0.2, 0.25) is 0 Å². The molecule has 0 atom stereocenters. The highest BCUT2D eigenvalue weighted by Gasteiger charge is 2.30. The molecule has 0 radical (unpaired) electrons. The molecule has 1 fully saturated rings. The van der Waals surface area contributed by atoms with Gasteiger partial charge in [-0.1, -0.05) is 18.2 Å². The fraction of sp³-hybridized carbons (Fsp3) is 0.321. The van der Waals surface area contributed by atoms with E-state index < -0.39 is 5.60 Å². The summed E-state index contributed by atoms with van der Waals surface area (Å²) in [7, 11) is 0. The number of pyridine rings is 1. The van der Waals surface area contributed by atoms with Crippen molar-refractivity contribution in [2.24, 2.45) is 5.92 Å². The van der Waals surface area contributed by atoms with Gasteiger partial charge in [0.05, 0.1) is 23.6 Å². The second-order valence-corrected chi connectivity index (χ2v) is 9.64. The lowest BCUT2D eigenvalue weighted by atomic mass is 9.83. The molecule has 0 saturated carbocycles. The molecule has 7 heteroatoms. The van der Waals surface area contributed by atoms with Crippen LogP contribution in [0.3, 0.4) is 0 Å². The van der Waals surface area contributed by atoms with Gasteiger partial charge in [-0.15, -0.1) is 0 Å². The second-order valence-electron chi connectivity index (χ2n) is 9.64. The van der Waals surface area contributed by atoms with Crippen LogP contribution in [0.15, 0.2) is 66.9 Å². The average Bonchev–Trinajstić information content (AvgIpc) is 2.87. The summed E-state index contributed by atoms with van der Waals surface area (Å²) in [6.45, 7) is 5.89. The Kier molecular flexibility index (Phi) is 7.17. The first-order valence-corrected chi connectivity index (χ1v) is 12.0. The van der Waals surface area contributed by atoms with Gasteiger partial charge < -0.3 is 21.1 Å². The van der Waals surface area contributed by atoms with E-state index in [9.17, 15) is 9.90 Å². The smallest absolute Gasteiger partial charge is 0.251 e. The van der Waals surface area contributed by atoms with Crippen LogP contribution in [0, 0.1) is 11.3 Å². The molecule has 4 rings (SSSR count). The number of nitrogens with one attached hydrogen (secondary N) is 2. The molecule has 5 N–H and O–H groups in total. The van der Waals surface area contributed by atoms with Crippen LogP contribution in [0.5, 0.6) is 0 Å². The van der Waals surface area contributed by atoms with Crippen molar-refractivity contribution in [3.63, 3.8) is 0 Å². The van der Waals surface area contributed by atoms with E-state index in [-0.39, 0.29) is 11.6 Å². The minimum atomic E-state index is -0.644. The number of carbonyl (C=O) groups excluding carboxylic acids is 1. The van der Waals surface area contributed by atoms with E-state index in [1.807, 2.05) is 56.3 Å². The lowest BCUT2D eigenvalue weighted by Gasteiger charge is -2.38. The molecule has 0 spiro atoms. The molecule has 3 aromatic rings. The maximum Gasteiger partial charge on any atom is 0.251 e. The SMILES string of the molecule is CC(C)(O)C1CCN(c2ccc(C(=N)c3cc(C(=O)NCc4ccccn4)ccc3N)cc2)CC1. The van der Waals surface area contributed by atoms with Crippen LogP contribution in [0.2, 0.25) is 0 Å². The molecule has 182 valence electrons. The zero-order valence-electron chi connectivity index (χ0n) is 20.3. The summed E-state index contributed by atoms with van der Waals surface area (Å²) in [6, 6.07) is 18.4. The van der Waals surface area contributed by atoms with E-state index in [0.717, 1.165) is 42.9 Å². The van der Waals surface area contributed by atoms with Crippen molar-refractivity contribution in [1.29, 1.82) is 5.41 Å². The van der Waals surface area contributed by atoms with E-state index >= 15 is 0 Å². The first-order chi connectivity index (χ1) is 16.7. The van der Waals surface area contributed by atoms with E-state index in [0.29, 0.717) is 29.3 Å². The molecular formula is C28H33N5O2. The highest BCUT2D eigenvalue weighted by atomic mass is 16.3. The number of nitrogens with two attached hydrogens (primary N) is 1. The number of nitrogens with zero attached hydrogens (tertiary/aromatic N) is 2. The molecule has 2 heterocycles. The zero-order valence-corrected chi connectivity index (χ0v) is 20.3. The number of benzene rings is 2. The number of aliphatic hydroxyl groups is 1. The summed E-state index contributed by atoms with van der Waals surface area (Å²) in [5, 5.41) is 21.9. The van der Waals surface area contributed by atoms with Gasteiger partial charge in [-0.3, -0.25) is 15.2 Å². The van der Waals surface area contributed by atoms with Gasteiger partial charge >= 0.3 is 0 Å². The van der Waals surface area contributed by atoms with E-state index in [2.05, 4.69) is 15.2 Å². The normalized spacial score (nSPS) is 14.5. The van der Waals surface area contributed by atoms with E-state index in [1.165, 1.54) is 0 Å². The van der Waals surface area contributed by atoms with Crippen molar-refractivity contribution in [2.45, 2.75) is 38.8 Å². The third-order valence-electron chi connectivity index (χ3n) is 6.76. The summed E-state index contributed by atoms with van der Waals surface area (Å²) >= 11 is 0. The number of hydrogen-bond donors (Lipinski definition) is 4. The fourth-order valence-electron chi connectivity index (χ4n) is 4.53. The average molecular weight is 472 g/mol. The van der Waals surface area contributed by atoms with Crippen molar-refractivity contribution >= 4 is 23.0 Å². The molecule has 1 saturated heterocycles. The van der Waals surface area contributed by atoms with Gasteiger partial charge in [0.25, 0.3) is 5.91 Å². The number of carbonyl (C=O) groups is 1. The lowest BCUT2D eigenvalue weighted by Crippen LogP contribution is -2.41. The zero-order chi connectivity index (χ0) is 25.0. The van der Waals surface area contributed by atoms with Crippen molar-refractivity contribution in [3.05, 3.63) is 89.2 Å². The van der Waals surface area contributed by atoms with E-state index in [1.54, 1.807) is 24.4 Å². The standard InChI is InChI=1S/C28H33N5O2/c1-28(2,35)21-12-15-33(16-13-21)23-9-6-19(7-10-23)26(30)24-17-20(8-11-25(24)29)27(34)32-18-22-5-3-4-14-31-22/h3-11,14,17,21,30,35H,12-13,15-16,18,29H2,1-2H3,(H,32,34). The molecule has 0 aliphatic carbocycles. The second kappa shape index (κ2) is 10.3. The Hall–Kier alpha value is -3.71. The summed E-state index contributed by atoms with van der Waals surface area (Å²) < 4.78 is 0. The highest BCUT2D eigenvalue weighted by Crippen LogP contribution is 2.30. The molecule has 1 amide bonds. The van der Waals surface area contributed by atoms with Crippen molar-refractivity contribution in [3.8, 4) is 0 Å². The first kappa shape index (κ1) is 24.4. The minimum absolute atomic E-state index is 0.241. The van der Waals surface area contributed by atoms with Crippen LogP contribution in [-0.2, 0) is 6.54 Å². The Labute approximate surface area is 206 Å². The molecule has 1 aromatic heterocycles. The Morgan fingerprint density at radius 3 is 2.43 bits per heavy atom. The predicted octanol–water partition coefficient (Wildman–Crippen LogP) is 4.00.